The van der Waals surface area contributed by atoms with E-state index in [0.717, 1.165) is 16.3 Å². The Balaban J connectivity index is 1.76. The number of hydrogen-bond acceptors (Lipinski definition) is 3. The van der Waals surface area contributed by atoms with E-state index in [4.69, 9.17) is 10.5 Å². The van der Waals surface area contributed by atoms with Gasteiger partial charge < -0.3 is 15.8 Å². The molecule has 5 heteroatoms. The number of methoxy groups -OCH3 is 1. The normalized spacial score (nSPS) is 13.1. The molecule has 0 radical (unpaired) electrons. The number of carbonyl (C=O) groups is 2. The summed E-state index contributed by atoms with van der Waals surface area (Å²) >= 11 is 0. The Morgan fingerprint density at radius 1 is 0.963 bits per heavy atom. The van der Waals surface area contributed by atoms with Gasteiger partial charge in [-0.1, -0.05) is 72.8 Å². The van der Waals surface area contributed by atoms with E-state index < -0.39 is 24.0 Å². The minimum absolute atomic E-state index is 0.317. The van der Waals surface area contributed by atoms with Crippen LogP contribution in [0.3, 0.4) is 0 Å². The number of amides is 2. The van der Waals surface area contributed by atoms with E-state index in [9.17, 15) is 9.59 Å². The maximum atomic E-state index is 12.6. The number of carbonyl (C=O) groups excluding carboxylic acids is 2. The van der Waals surface area contributed by atoms with E-state index in [1.807, 2.05) is 60.7 Å². The number of benzene rings is 3. The van der Waals surface area contributed by atoms with Crippen LogP contribution in [-0.2, 0) is 20.7 Å². The first-order valence-corrected chi connectivity index (χ1v) is 8.73. The van der Waals surface area contributed by atoms with Crippen molar-refractivity contribution in [3.63, 3.8) is 0 Å². The largest absolute Gasteiger partial charge is 0.368 e. The number of fused-ring (bicyclic) bond motifs is 1. The van der Waals surface area contributed by atoms with Crippen LogP contribution in [0.4, 0.5) is 0 Å². The van der Waals surface area contributed by atoms with Crippen molar-refractivity contribution in [2.45, 2.75) is 18.6 Å². The molecule has 0 unspecified atom stereocenters. The maximum Gasteiger partial charge on any atom is 0.254 e. The van der Waals surface area contributed by atoms with Crippen LogP contribution in [0.2, 0.25) is 0 Å². The summed E-state index contributed by atoms with van der Waals surface area (Å²) in [5.74, 6) is -0.979. The molecule has 138 valence electrons. The van der Waals surface area contributed by atoms with E-state index in [1.165, 1.54) is 7.11 Å². The van der Waals surface area contributed by atoms with Crippen LogP contribution in [0.15, 0.2) is 72.8 Å². The zero-order valence-corrected chi connectivity index (χ0v) is 15.1. The summed E-state index contributed by atoms with van der Waals surface area (Å²) in [5.41, 5.74) is 7.17. The minimum atomic E-state index is -0.819. The third-order valence-corrected chi connectivity index (χ3v) is 4.49. The lowest BCUT2D eigenvalue weighted by Crippen LogP contribution is -2.47. The molecule has 0 saturated carbocycles. The van der Waals surface area contributed by atoms with Crippen LogP contribution in [0, 0.1) is 0 Å². The zero-order valence-electron chi connectivity index (χ0n) is 15.1. The molecule has 0 aliphatic heterocycles. The number of hydrogen-bond donors (Lipinski definition) is 2. The molecule has 5 nitrogen and oxygen atoms in total. The van der Waals surface area contributed by atoms with Crippen molar-refractivity contribution in [1.29, 1.82) is 0 Å². The van der Waals surface area contributed by atoms with Crippen LogP contribution < -0.4 is 11.1 Å². The van der Waals surface area contributed by atoms with E-state index in [0.29, 0.717) is 12.0 Å². The molecule has 0 heterocycles. The molecular formula is C22H22N2O3. The highest BCUT2D eigenvalue weighted by molar-refractivity contribution is 5.89. The van der Waals surface area contributed by atoms with Gasteiger partial charge in [0.25, 0.3) is 5.91 Å². The van der Waals surface area contributed by atoms with Gasteiger partial charge >= 0.3 is 0 Å². The van der Waals surface area contributed by atoms with Crippen molar-refractivity contribution in [1.82, 2.24) is 5.32 Å². The topological polar surface area (TPSA) is 81.4 Å². The molecule has 0 bridgehead atoms. The first-order chi connectivity index (χ1) is 13.1. The summed E-state index contributed by atoms with van der Waals surface area (Å²) in [7, 11) is 1.46. The van der Waals surface area contributed by atoms with Gasteiger partial charge in [-0.25, -0.2) is 0 Å². The molecule has 0 fully saturated rings. The lowest BCUT2D eigenvalue weighted by molar-refractivity contribution is -0.134. The number of primary amides is 1. The highest BCUT2D eigenvalue weighted by Gasteiger charge is 2.25. The third-order valence-electron chi connectivity index (χ3n) is 4.49. The van der Waals surface area contributed by atoms with Crippen molar-refractivity contribution >= 4 is 22.6 Å². The number of rotatable bonds is 7. The Morgan fingerprint density at radius 2 is 1.63 bits per heavy atom. The van der Waals surface area contributed by atoms with Gasteiger partial charge in [-0.15, -0.1) is 0 Å². The summed E-state index contributed by atoms with van der Waals surface area (Å²) in [5, 5.41) is 4.91. The molecular weight excluding hydrogens is 340 g/mol. The molecule has 0 aromatic heterocycles. The molecule has 3 aromatic carbocycles. The first kappa shape index (κ1) is 18.6. The van der Waals surface area contributed by atoms with E-state index in [-0.39, 0.29) is 0 Å². The maximum absolute atomic E-state index is 12.6. The molecule has 3 aromatic rings. The van der Waals surface area contributed by atoms with Gasteiger partial charge in [0, 0.05) is 13.5 Å². The molecule has 0 saturated heterocycles. The fourth-order valence-corrected chi connectivity index (χ4v) is 3.09. The molecule has 0 aliphatic rings. The van der Waals surface area contributed by atoms with Gasteiger partial charge in [0.2, 0.25) is 5.91 Å². The van der Waals surface area contributed by atoms with Gasteiger partial charge in [-0.2, -0.15) is 0 Å². The molecule has 3 N–H and O–H groups in total. The van der Waals surface area contributed by atoms with E-state index in [1.54, 1.807) is 12.1 Å². The second-order valence-corrected chi connectivity index (χ2v) is 6.38. The average molecular weight is 362 g/mol. The minimum Gasteiger partial charge on any atom is -0.368 e. The van der Waals surface area contributed by atoms with Crippen LogP contribution in [-0.4, -0.2) is 25.0 Å². The summed E-state index contributed by atoms with van der Waals surface area (Å²) in [4.78, 5) is 24.6. The molecule has 0 spiro atoms. The van der Waals surface area contributed by atoms with E-state index >= 15 is 0 Å². The molecule has 0 aliphatic carbocycles. The van der Waals surface area contributed by atoms with Gasteiger partial charge in [0.1, 0.15) is 6.04 Å². The van der Waals surface area contributed by atoms with Gasteiger partial charge in [-0.3, -0.25) is 9.59 Å². The number of nitrogens with two attached hydrogens (primary N) is 1. The molecule has 2 amide bonds. The quantitative estimate of drug-likeness (QED) is 0.678. The van der Waals surface area contributed by atoms with Crippen LogP contribution in [0.25, 0.3) is 10.8 Å². The predicted molar refractivity (Wildman–Crippen MR) is 105 cm³/mol. The lowest BCUT2D eigenvalue weighted by Gasteiger charge is -2.20. The fraction of sp³-hybridized carbons (Fsp3) is 0.182. The van der Waals surface area contributed by atoms with E-state index in [2.05, 4.69) is 5.32 Å². The summed E-state index contributed by atoms with van der Waals surface area (Å²) < 4.78 is 5.32. The Labute approximate surface area is 158 Å². The van der Waals surface area contributed by atoms with Crippen molar-refractivity contribution in [3.05, 3.63) is 83.9 Å². The standard InChI is InChI=1S/C22H22N2O3/c1-27-20(17-8-3-2-4-9-17)22(26)24-19(21(23)25)14-15-11-12-16-7-5-6-10-18(16)13-15/h2-13,19-20H,14H2,1H3,(H2,23,25)(H,24,26)/t19-,20-/m0/s1. The van der Waals surface area contributed by atoms with Gasteiger partial charge in [0.15, 0.2) is 6.10 Å². The Bertz CT molecular complexity index is 940. The van der Waals surface area contributed by atoms with Crippen LogP contribution >= 0.6 is 0 Å². The summed E-state index contributed by atoms with van der Waals surface area (Å²) in [6.07, 6.45) is -0.485. The van der Waals surface area contributed by atoms with Crippen molar-refractivity contribution in [2.24, 2.45) is 5.73 Å². The van der Waals surface area contributed by atoms with Crippen molar-refractivity contribution in [3.8, 4) is 0 Å². The summed E-state index contributed by atoms with van der Waals surface area (Å²) in [6.45, 7) is 0. The van der Waals surface area contributed by atoms with Crippen molar-refractivity contribution in [2.75, 3.05) is 7.11 Å². The second kappa shape index (κ2) is 8.47. The summed E-state index contributed by atoms with van der Waals surface area (Å²) in [6, 6.07) is 22.2. The highest BCUT2D eigenvalue weighted by atomic mass is 16.5. The molecule has 27 heavy (non-hydrogen) atoms. The smallest absolute Gasteiger partial charge is 0.254 e. The van der Waals surface area contributed by atoms with Crippen molar-refractivity contribution < 1.29 is 14.3 Å². The van der Waals surface area contributed by atoms with Gasteiger partial charge in [-0.05, 0) is 21.9 Å². The predicted octanol–water partition coefficient (Wildman–Crippen LogP) is 2.74. The molecule has 2 atom stereocenters. The third kappa shape index (κ3) is 4.51. The highest BCUT2D eigenvalue weighted by Crippen LogP contribution is 2.19. The first-order valence-electron chi connectivity index (χ1n) is 8.73. The SMILES string of the molecule is CO[C@H](C(=O)N[C@@H](Cc1ccc2ccccc2c1)C(N)=O)c1ccccc1. The number of ether oxygens (including phenoxy) is 1. The van der Waals surface area contributed by atoms with Crippen LogP contribution in [0.5, 0.6) is 0 Å². The average Bonchev–Trinajstić information content (AvgIpc) is 2.68. The lowest BCUT2D eigenvalue weighted by atomic mass is 10.0. The Kier molecular flexibility index (Phi) is 5.84. The monoisotopic (exact) mass is 362 g/mol. The van der Waals surface area contributed by atoms with Crippen LogP contribution in [0.1, 0.15) is 17.2 Å². The zero-order chi connectivity index (χ0) is 19.2. The molecule has 3 rings (SSSR count). The Hall–Kier alpha value is -3.18. The Morgan fingerprint density at radius 3 is 2.30 bits per heavy atom. The van der Waals surface area contributed by atoms with Gasteiger partial charge in [0.05, 0.1) is 0 Å². The number of nitrogens with one attached hydrogen (secondary N) is 1. The second-order valence-electron chi connectivity index (χ2n) is 6.38. The fourth-order valence-electron chi connectivity index (χ4n) is 3.09.